The van der Waals surface area contributed by atoms with Gasteiger partial charge in [0.15, 0.2) is 0 Å². The predicted molar refractivity (Wildman–Crippen MR) is 102 cm³/mol. The largest absolute Gasteiger partial charge is 0.490 e. The highest BCUT2D eigenvalue weighted by molar-refractivity contribution is 5.81. The molecule has 1 aromatic rings. The van der Waals surface area contributed by atoms with E-state index in [4.69, 9.17) is 19.2 Å². The summed E-state index contributed by atoms with van der Waals surface area (Å²) in [5, 5.41) is 14.3. The summed E-state index contributed by atoms with van der Waals surface area (Å²) < 4.78 is 43.1. The molecule has 3 atom stereocenters. The van der Waals surface area contributed by atoms with Crippen LogP contribution in [0.25, 0.3) is 0 Å². The smallest absolute Gasteiger partial charge is 0.475 e. The van der Waals surface area contributed by atoms with E-state index < -0.39 is 12.1 Å². The van der Waals surface area contributed by atoms with Gasteiger partial charge in [0.05, 0.1) is 11.8 Å². The zero-order valence-electron chi connectivity index (χ0n) is 17.6. The predicted octanol–water partition coefficient (Wildman–Crippen LogP) is 2.57. The van der Waals surface area contributed by atoms with Gasteiger partial charge in [-0.05, 0) is 58.4 Å². The van der Waals surface area contributed by atoms with E-state index in [2.05, 4.69) is 15.4 Å². The van der Waals surface area contributed by atoms with Crippen LogP contribution >= 0.6 is 0 Å². The number of halogens is 3. The van der Waals surface area contributed by atoms with Gasteiger partial charge in [-0.15, -0.1) is 0 Å². The number of hydrogen-bond acceptors (Lipinski definition) is 6. The minimum absolute atomic E-state index is 0.103. The van der Waals surface area contributed by atoms with Gasteiger partial charge in [0.2, 0.25) is 5.91 Å². The van der Waals surface area contributed by atoms with E-state index in [1.165, 1.54) is 12.0 Å². The number of fused-ring (bicyclic) bond motifs is 1. The number of amides is 1. The Morgan fingerprint density at radius 3 is 2.45 bits per heavy atom. The molecule has 0 aromatic carbocycles. The maximum absolute atomic E-state index is 12.3. The molecule has 0 bridgehead atoms. The first-order valence-corrected chi connectivity index (χ1v) is 10.4. The molecule has 2 aliphatic heterocycles. The van der Waals surface area contributed by atoms with Crippen molar-refractivity contribution < 1.29 is 37.1 Å². The van der Waals surface area contributed by atoms with Gasteiger partial charge >= 0.3 is 12.1 Å². The standard InChI is InChI=1S/C18H27N3O3.C2HF3O2/c1-11-15(12(2)24-20-11)9-21-7-6-13-8-16(23-17(13)10-21)18(22)19-14-4-3-5-14;3-2(4,5)1(6)7/h13-14,16-17H,3-10H2,1-2H3,(H,19,22);(H,6,7)/t13-,16-,17+;/m0./s1. The second-order valence-corrected chi connectivity index (χ2v) is 8.42. The summed E-state index contributed by atoms with van der Waals surface area (Å²) in [7, 11) is 0. The van der Waals surface area contributed by atoms with E-state index >= 15 is 0 Å². The zero-order chi connectivity index (χ0) is 22.8. The van der Waals surface area contributed by atoms with Gasteiger partial charge in [-0.2, -0.15) is 13.2 Å². The van der Waals surface area contributed by atoms with E-state index in [1.54, 1.807) is 0 Å². The Hall–Kier alpha value is -2.14. The summed E-state index contributed by atoms with van der Waals surface area (Å²) >= 11 is 0. The first-order chi connectivity index (χ1) is 14.5. The Labute approximate surface area is 178 Å². The number of likely N-dealkylation sites (tertiary alicyclic amines) is 1. The summed E-state index contributed by atoms with van der Waals surface area (Å²) in [5.41, 5.74) is 2.16. The second-order valence-electron chi connectivity index (χ2n) is 8.42. The number of ether oxygens (including phenoxy) is 1. The number of aliphatic carboxylic acids is 1. The highest BCUT2D eigenvalue weighted by Crippen LogP contribution is 2.34. The molecule has 8 nitrogen and oxygen atoms in total. The molecule has 1 amide bonds. The third kappa shape index (κ3) is 5.97. The average molecular weight is 447 g/mol. The number of aromatic nitrogens is 1. The molecule has 1 aromatic heterocycles. The lowest BCUT2D eigenvalue weighted by atomic mass is 9.90. The molecule has 3 aliphatic rings. The summed E-state index contributed by atoms with van der Waals surface area (Å²) in [6.45, 7) is 6.75. The third-order valence-electron chi connectivity index (χ3n) is 6.19. The Morgan fingerprint density at radius 1 is 1.26 bits per heavy atom. The number of carboxylic acids is 1. The topological polar surface area (TPSA) is 105 Å². The number of carboxylic acid groups (broad SMARTS) is 1. The molecule has 1 aliphatic carbocycles. The number of rotatable bonds is 4. The van der Waals surface area contributed by atoms with Crippen LogP contribution in [0.15, 0.2) is 4.52 Å². The number of piperidine rings is 1. The van der Waals surface area contributed by atoms with Crippen LogP contribution in [0.3, 0.4) is 0 Å². The fourth-order valence-electron chi connectivity index (χ4n) is 4.10. The van der Waals surface area contributed by atoms with Crippen LogP contribution in [0, 0.1) is 19.8 Å². The lowest BCUT2D eigenvalue weighted by Crippen LogP contribution is -2.45. The molecule has 0 unspecified atom stereocenters. The molecule has 174 valence electrons. The lowest BCUT2D eigenvalue weighted by molar-refractivity contribution is -0.192. The van der Waals surface area contributed by atoms with Gasteiger partial charge < -0.3 is 19.7 Å². The van der Waals surface area contributed by atoms with Crippen molar-refractivity contribution >= 4 is 11.9 Å². The van der Waals surface area contributed by atoms with Crippen molar-refractivity contribution in [3.8, 4) is 0 Å². The third-order valence-corrected chi connectivity index (χ3v) is 6.19. The molecule has 2 saturated heterocycles. The van der Waals surface area contributed by atoms with E-state index in [-0.39, 0.29) is 18.1 Å². The van der Waals surface area contributed by atoms with Crippen molar-refractivity contribution in [1.82, 2.24) is 15.4 Å². The highest BCUT2D eigenvalue weighted by atomic mass is 19.4. The molecule has 0 radical (unpaired) electrons. The van der Waals surface area contributed by atoms with Crippen molar-refractivity contribution in [3.63, 3.8) is 0 Å². The number of alkyl halides is 3. The van der Waals surface area contributed by atoms with Crippen molar-refractivity contribution in [2.75, 3.05) is 13.1 Å². The number of hydrogen-bond donors (Lipinski definition) is 2. The molecular formula is C20H28F3N3O5. The van der Waals surface area contributed by atoms with Gasteiger partial charge in [-0.3, -0.25) is 9.69 Å². The number of nitrogens with zero attached hydrogens (tertiary/aromatic N) is 2. The number of carbonyl (C=O) groups is 2. The van der Waals surface area contributed by atoms with E-state index in [1.807, 2.05) is 13.8 Å². The number of aryl methyl sites for hydroxylation is 2. The van der Waals surface area contributed by atoms with E-state index in [9.17, 15) is 18.0 Å². The van der Waals surface area contributed by atoms with Gasteiger partial charge in [0.25, 0.3) is 0 Å². The van der Waals surface area contributed by atoms with Crippen molar-refractivity contribution in [1.29, 1.82) is 0 Å². The molecule has 4 rings (SSSR count). The average Bonchev–Trinajstić information content (AvgIpc) is 3.22. The van der Waals surface area contributed by atoms with Crippen LogP contribution in [0.2, 0.25) is 0 Å². The summed E-state index contributed by atoms with van der Waals surface area (Å²) in [6.07, 6.45) is 0.297. The Bertz CT molecular complexity index is 774. The van der Waals surface area contributed by atoms with Crippen molar-refractivity contribution in [2.24, 2.45) is 5.92 Å². The normalized spacial score (nSPS) is 26.4. The van der Waals surface area contributed by atoms with E-state index in [0.717, 1.165) is 56.8 Å². The summed E-state index contributed by atoms with van der Waals surface area (Å²) in [6, 6.07) is 0.389. The quantitative estimate of drug-likeness (QED) is 0.731. The molecule has 3 fully saturated rings. The minimum Gasteiger partial charge on any atom is -0.475 e. The Morgan fingerprint density at radius 2 is 1.94 bits per heavy atom. The van der Waals surface area contributed by atoms with Crippen LogP contribution in [-0.4, -0.2) is 64.6 Å². The summed E-state index contributed by atoms with van der Waals surface area (Å²) in [4.78, 5) is 23.6. The van der Waals surface area contributed by atoms with Crippen LogP contribution in [0.1, 0.15) is 49.1 Å². The fourth-order valence-corrected chi connectivity index (χ4v) is 4.10. The SMILES string of the molecule is Cc1noc(C)c1CN1CC[C@H]2C[C@@H](C(=O)NC3CCC3)O[C@@H]2C1.O=C(O)C(F)(F)F. The molecule has 2 N–H and O–H groups in total. The van der Waals surface area contributed by atoms with Gasteiger partial charge in [-0.25, -0.2) is 4.79 Å². The van der Waals surface area contributed by atoms with Gasteiger partial charge in [0.1, 0.15) is 11.9 Å². The first-order valence-electron chi connectivity index (χ1n) is 10.4. The molecule has 3 heterocycles. The molecule has 0 spiro atoms. The van der Waals surface area contributed by atoms with Crippen LogP contribution in [-0.2, 0) is 20.9 Å². The van der Waals surface area contributed by atoms with Gasteiger partial charge in [0, 0.05) is 24.7 Å². The van der Waals surface area contributed by atoms with Crippen LogP contribution in [0.4, 0.5) is 13.2 Å². The minimum atomic E-state index is -5.08. The fraction of sp³-hybridized carbons (Fsp3) is 0.750. The molecule has 1 saturated carbocycles. The Kier molecular flexibility index (Phi) is 7.25. The monoisotopic (exact) mass is 447 g/mol. The Balaban J connectivity index is 0.000000339. The van der Waals surface area contributed by atoms with Crippen molar-refractivity contribution in [3.05, 3.63) is 17.0 Å². The van der Waals surface area contributed by atoms with Crippen molar-refractivity contribution in [2.45, 2.75) is 76.9 Å². The van der Waals surface area contributed by atoms with Crippen LogP contribution in [0.5, 0.6) is 0 Å². The highest BCUT2D eigenvalue weighted by Gasteiger charge is 2.42. The maximum atomic E-state index is 12.3. The lowest BCUT2D eigenvalue weighted by Gasteiger charge is -2.33. The molecule has 11 heteroatoms. The molecular weight excluding hydrogens is 419 g/mol. The molecule has 31 heavy (non-hydrogen) atoms. The summed E-state index contributed by atoms with van der Waals surface area (Å²) in [5.74, 6) is -1.23. The van der Waals surface area contributed by atoms with Crippen LogP contribution < -0.4 is 5.32 Å². The maximum Gasteiger partial charge on any atom is 0.490 e. The second kappa shape index (κ2) is 9.56. The zero-order valence-corrected chi connectivity index (χ0v) is 17.6. The van der Waals surface area contributed by atoms with E-state index in [0.29, 0.717) is 12.0 Å². The number of carbonyl (C=O) groups excluding carboxylic acids is 1. The van der Waals surface area contributed by atoms with Gasteiger partial charge in [-0.1, -0.05) is 5.16 Å². The first kappa shape index (κ1) is 23.5. The number of nitrogens with one attached hydrogen (secondary N) is 1.